The van der Waals surface area contributed by atoms with E-state index in [0.29, 0.717) is 6.42 Å². The van der Waals surface area contributed by atoms with E-state index in [1.807, 2.05) is 49.8 Å². The molecule has 2 aromatic heterocycles. The van der Waals surface area contributed by atoms with Crippen molar-refractivity contribution in [3.63, 3.8) is 0 Å². The predicted molar refractivity (Wildman–Crippen MR) is 94.8 cm³/mol. The number of aromatic nitrogens is 4. The zero-order chi connectivity index (χ0) is 18.1. The van der Waals surface area contributed by atoms with Crippen molar-refractivity contribution in [2.24, 2.45) is 7.05 Å². The molecule has 1 N–H and O–H groups in total. The van der Waals surface area contributed by atoms with E-state index >= 15 is 0 Å². The van der Waals surface area contributed by atoms with Gasteiger partial charge in [-0.2, -0.15) is 5.10 Å². The molecule has 2 aromatic rings. The SMILES string of the molecule is Cc1ncc(C(C)N[C@@H]2CCC(=O)N(C)[C@H]2c2ccnn2C)c(C)n1. The molecule has 3 heterocycles. The monoisotopic (exact) mass is 342 g/mol. The molecule has 7 heteroatoms. The summed E-state index contributed by atoms with van der Waals surface area (Å²) in [5.41, 5.74) is 3.12. The van der Waals surface area contributed by atoms with Crippen molar-refractivity contribution in [1.29, 1.82) is 0 Å². The third-order valence-electron chi connectivity index (χ3n) is 5.09. The van der Waals surface area contributed by atoms with Gasteiger partial charge in [0.2, 0.25) is 5.91 Å². The summed E-state index contributed by atoms with van der Waals surface area (Å²) in [6, 6.07) is 2.19. The number of rotatable bonds is 4. The lowest BCUT2D eigenvalue weighted by atomic mass is 9.92. The number of aryl methyl sites for hydroxylation is 3. The average molecular weight is 342 g/mol. The number of piperidine rings is 1. The minimum Gasteiger partial charge on any atom is -0.336 e. The van der Waals surface area contributed by atoms with Crippen molar-refractivity contribution in [3.8, 4) is 0 Å². The molecule has 0 aliphatic carbocycles. The number of nitrogens with zero attached hydrogens (tertiary/aromatic N) is 5. The van der Waals surface area contributed by atoms with Crippen LogP contribution in [0.2, 0.25) is 0 Å². The fourth-order valence-corrected chi connectivity index (χ4v) is 3.72. The molecule has 1 saturated heterocycles. The summed E-state index contributed by atoms with van der Waals surface area (Å²) in [4.78, 5) is 22.9. The number of carbonyl (C=O) groups excluding carboxylic acids is 1. The second-order valence-electron chi connectivity index (χ2n) is 6.82. The Balaban J connectivity index is 1.86. The summed E-state index contributed by atoms with van der Waals surface area (Å²) in [6.45, 7) is 6.03. The molecule has 1 unspecified atom stereocenters. The maximum absolute atomic E-state index is 12.3. The molecule has 0 bridgehead atoms. The lowest BCUT2D eigenvalue weighted by Gasteiger charge is -2.40. The highest BCUT2D eigenvalue weighted by molar-refractivity contribution is 5.77. The van der Waals surface area contributed by atoms with Crippen LogP contribution in [0.1, 0.15) is 54.6 Å². The largest absolute Gasteiger partial charge is 0.336 e. The van der Waals surface area contributed by atoms with Gasteiger partial charge in [0.25, 0.3) is 0 Å². The Morgan fingerprint density at radius 2 is 2.08 bits per heavy atom. The Kier molecular flexibility index (Phi) is 4.85. The molecule has 1 amide bonds. The van der Waals surface area contributed by atoms with Gasteiger partial charge in [-0.05, 0) is 33.3 Å². The topological polar surface area (TPSA) is 75.9 Å². The molecule has 1 fully saturated rings. The number of amides is 1. The number of hydrogen-bond acceptors (Lipinski definition) is 5. The van der Waals surface area contributed by atoms with Crippen LogP contribution in [-0.4, -0.2) is 43.6 Å². The van der Waals surface area contributed by atoms with E-state index < -0.39 is 0 Å². The van der Waals surface area contributed by atoms with Crippen LogP contribution >= 0.6 is 0 Å². The molecule has 1 aliphatic rings. The third kappa shape index (κ3) is 3.42. The van der Waals surface area contributed by atoms with Crippen molar-refractivity contribution >= 4 is 5.91 Å². The Hall–Kier alpha value is -2.28. The van der Waals surface area contributed by atoms with E-state index in [4.69, 9.17) is 0 Å². The van der Waals surface area contributed by atoms with Crippen molar-refractivity contribution in [2.75, 3.05) is 7.05 Å². The number of hydrogen-bond donors (Lipinski definition) is 1. The molecule has 25 heavy (non-hydrogen) atoms. The van der Waals surface area contributed by atoms with E-state index in [1.54, 1.807) is 6.20 Å². The molecule has 134 valence electrons. The van der Waals surface area contributed by atoms with Crippen molar-refractivity contribution in [3.05, 3.63) is 41.2 Å². The van der Waals surface area contributed by atoms with Crippen LogP contribution in [-0.2, 0) is 11.8 Å². The zero-order valence-electron chi connectivity index (χ0n) is 15.5. The smallest absolute Gasteiger partial charge is 0.222 e. The summed E-state index contributed by atoms with van der Waals surface area (Å²) >= 11 is 0. The molecule has 0 spiro atoms. The van der Waals surface area contributed by atoms with Gasteiger partial charge < -0.3 is 10.2 Å². The molecule has 0 radical (unpaired) electrons. The Labute approximate surface area is 148 Å². The summed E-state index contributed by atoms with van der Waals surface area (Å²) in [6.07, 6.45) is 5.03. The van der Waals surface area contributed by atoms with E-state index in [2.05, 4.69) is 27.3 Å². The van der Waals surface area contributed by atoms with Crippen LogP contribution < -0.4 is 5.32 Å². The van der Waals surface area contributed by atoms with Crippen molar-refractivity contribution in [2.45, 2.75) is 51.7 Å². The number of likely N-dealkylation sites (N-methyl/N-ethyl adjacent to an activating group) is 1. The Morgan fingerprint density at radius 1 is 1.32 bits per heavy atom. The minimum absolute atomic E-state index is 0.0390. The lowest BCUT2D eigenvalue weighted by Crippen LogP contribution is -2.50. The Bertz CT molecular complexity index is 771. The number of likely N-dealkylation sites (tertiary alicyclic amines) is 1. The van der Waals surface area contributed by atoms with Gasteiger partial charge in [-0.1, -0.05) is 0 Å². The molecule has 0 aromatic carbocycles. The zero-order valence-corrected chi connectivity index (χ0v) is 15.5. The number of nitrogens with one attached hydrogen (secondary N) is 1. The fourth-order valence-electron chi connectivity index (χ4n) is 3.72. The second kappa shape index (κ2) is 6.92. The highest BCUT2D eigenvalue weighted by Gasteiger charge is 2.37. The summed E-state index contributed by atoms with van der Waals surface area (Å²) in [5.74, 6) is 0.955. The fraction of sp³-hybridized carbons (Fsp3) is 0.556. The van der Waals surface area contributed by atoms with Gasteiger partial charge in [-0.15, -0.1) is 0 Å². The summed E-state index contributed by atoms with van der Waals surface area (Å²) in [5, 5.41) is 7.97. The van der Waals surface area contributed by atoms with Crippen molar-refractivity contribution < 1.29 is 4.79 Å². The molecule has 3 rings (SSSR count). The normalized spacial score (nSPS) is 22.3. The average Bonchev–Trinajstić information content (AvgIpc) is 2.97. The van der Waals surface area contributed by atoms with Gasteiger partial charge in [-0.25, -0.2) is 9.97 Å². The van der Waals surface area contributed by atoms with E-state index in [1.165, 1.54) is 0 Å². The highest BCUT2D eigenvalue weighted by Crippen LogP contribution is 2.32. The first kappa shape index (κ1) is 17.5. The van der Waals surface area contributed by atoms with Gasteiger partial charge >= 0.3 is 0 Å². The van der Waals surface area contributed by atoms with Crippen LogP contribution in [0.15, 0.2) is 18.5 Å². The van der Waals surface area contributed by atoms with Crippen LogP contribution in [0, 0.1) is 13.8 Å². The highest BCUT2D eigenvalue weighted by atomic mass is 16.2. The van der Waals surface area contributed by atoms with Gasteiger partial charge in [0, 0.05) is 56.3 Å². The minimum atomic E-state index is -0.0390. The van der Waals surface area contributed by atoms with Crippen LogP contribution in [0.3, 0.4) is 0 Å². The van der Waals surface area contributed by atoms with Gasteiger partial charge in [0.05, 0.1) is 11.7 Å². The maximum Gasteiger partial charge on any atom is 0.222 e. The third-order valence-corrected chi connectivity index (χ3v) is 5.09. The Morgan fingerprint density at radius 3 is 2.72 bits per heavy atom. The van der Waals surface area contributed by atoms with Gasteiger partial charge in [-0.3, -0.25) is 9.48 Å². The molecule has 1 aliphatic heterocycles. The molecule has 7 nitrogen and oxygen atoms in total. The first-order chi connectivity index (χ1) is 11.9. The standard InChI is InChI=1S/C18H26N6O/c1-11-14(10-19-13(3)21-11)12(2)22-15-6-7-17(25)23(4)18(15)16-8-9-20-24(16)5/h8-10,12,15,18,22H,6-7H2,1-5H3/t12?,15-,18-/m1/s1. The van der Waals surface area contributed by atoms with E-state index in [-0.39, 0.29) is 24.0 Å². The van der Waals surface area contributed by atoms with Crippen molar-refractivity contribution in [1.82, 2.24) is 30.0 Å². The molecule has 3 atom stereocenters. The first-order valence-corrected chi connectivity index (χ1v) is 8.68. The van der Waals surface area contributed by atoms with Gasteiger partial charge in [0.15, 0.2) is 0 Å². The van der Waals surface area contributed by atoms with Gasteiger partial charge in [0.1, 0.15) is 5.82 Å². The first-order valence-electron chi connectivity index (χ1n) is 8.68. The number of carbonyl (C=O) groups is 1. The molecule has 0 saturated carbocycles. The summed E-state index contributed by atoms with van der Waals surface area (Å²) < 4.78 is 1.85. The van der Waals surface area contributed by atoms with E-state index in [9.17, 15) is 4.79 Å². The van der Waals surface area contributed by atoms with E-state index in [0.717, 1.165) is 29.2 Å². The quantitative estimate of drug-likeness (QED) is 0.917. The van der Waals surface area contributed by atoms with Crippen LogP contribution in [0.25, 0.3) is 0 Å². The predicted octanol–water partition coefficient (Wildman–Crippen LogP) is 1.84. The second-order valence-corrected chi connectivity index (χ2v) is 6.82. The molecular weight excluding hydrogens is 316 g/mol. The van der Waals surface area contributed by atoms with Crippen LogP contribution in [0.5, 0.6) is 0 Å². The maximum atomic E-state index is 12.3. The molecular formula is C18H26N6O. The summed E-state index contributed by atoms with van der Waals surface area (Å²) in [7, 11) is 3.79. The van der Waals surface area contributed by atoms with Crippen LogP contribution in [0.4, 0.5) is 0 Å². The lowest BCUT2D eigenvalue weighted by molar-refractivity contribution is -0.136.